The van der Waals surface area contributed by atoms with E-state index < -0.39 is 4.92 Å². The molecule has 2 heterocycles. The van der Waals surface area contributed by atoms with Crippen LogP contribution in [0.15, 0.2) is 36.9 Å². The van der Waals surface area contributed by atoms with Crippen molar-refractivity contribution in [1.29, 1.82) is 0 Å². The zero-order valence-corrected chi connectivity index (χ0v) is 10.3. The van der Waals surface area contributed by atoms with Gasteiger partial charge in [-0.15, -0.1) is 0 Å². The van der Waals surface area contributed by atoms with Crippen molar-refractivity contribution < 1.29 is 4.92 Å². The molecule has 8 heteroatoms. The number of pyridine rings is 1. The van der Waals surface area contributed by atoms with Crippen LogP contribution in [0.4, 0.5) is 11.4 Å². The first-order valence-electron chi connectivity index (χ1n) is 5.85. The van der Waals surface area contributed by atoms with E-state index in [2.05, 4.69) is 25.5 Å². The molecule has 0 bridgehead atoms. The summed E-state index contributed by atoms with van der Waals surface area (Å²) in [5.74, 6) is 0.686. The number of anilines is 1. The van der Waals surface area contributed by atoms with E-state index in [0.29, 0.717) is 17.8 Å². The van der Waals surface area contributed by atoms with Crippen molar-refractivity contribution in [3.8, 4) is 0 Å². The molecule has 0 amide bonds. The molecule has 0 aliphatic rings. The lowest BCUT2D eigenvalue weighted by Gasteiger charge is -2.08. The van der Waals surface area contributed by atoms with Gasteiger partial charge in [0.15, 0.2) is 0 Å². The lowest BCUT2D eigenvalue weighted by molar-refractivity contribution is -0.383. The maximum absolute atomic E-state index is 11.0. The standard InChI is InChI=1S/C12H10N6O2/c19-18(20)11-2-1-10(8-3-4-13-5-9(8)11)14-6-12-15-7-16-17-12/h1-5,7,14H,6H2,(H,15,16,17). The summed E-state index contributed by atoms with van der Waals surface area (Å²) in [6, 6.07) is 4.88. The van der Waals surface area contributed by atoms with Crippen LogP contribution in [0.5, 0.6) is 0 Å². The van der Waals surface area contributed by atoms with Crippen LogP contribution in [0.25, 0.3) is 10.8 Å². The van der Waals surface area contributed by atoms with Crippen molar-refractivity contribution in [2.75, 3.05) is 5.32 Å². The van der Waals surface area contributed by atoms with E-state index in [-0.39, 0.29) is 5.69 Å². The molecule has 20 heavy (non-hydrogen) atoms. The minimum absolute atomic E-state index is 0.0401. The van der Waals surface area contributed by atoms with E-state index in [0.717, 1.165) is 11.1 Å². The molecule has 0 spiro atoms. The summed E-state index contributed by atoms with van der Waals surface area (Å²) in [4.78, 5) is 18.5. The Labute approximate surface area is 113 Å². The predicted octanol–water partition coefficient (Wildman–Crippen LogP) is 1.87. The molecule has 2 N–H and O–H groups in total. The first-order valence-corrected chi connectivity index (χ1v) is 5.85. The Balaban J connectivity index is 1.99. The molecular formula is C12H10N6O2. The van der Waals surface area contributed by atoms with Crippen LogP contribution >= 0.6 is 0 Å². The molecule has 0 saturated heterocycles. The molecule has 0 unspecified atom stereocenters. The second-order valence-electron chi connectivity index (χ2n) is 4.10. The summed E-state index contributed by atoms with van der Waals surface area (Å²) in [5, 5.41) is 21.9. The van der Waals surface area contributed by atoms with Gasteiger partial charge in [0.25, 0.3) is 5.69 Å². The highest BCUT2D eigenvalue weighted by Crippen LogP contribution is 2.30. The number of benzene rings is 1. The third kappa shape index (κ3) is 2.14. The molecule has 3 aromatic rings. The number of rotatable bonds is 4. The zero-order chi connectivity index (χ0) is 13.9. The first kappa shape index (κ1) is 12.0. The largest absolute Gasteiger partial charge is 0.377 e. The quantitative estimate of drug-likeness (QED) is 0.553. The molecule has 8 nitrogen and oxygen atoms in total. The SMILES string of the molecule is O=[N+]([O-])c1ccc(NCc2ncn[nH]2)c2ccncc12. The summed E-state index contributed by atoms with van der Waals surface area (Å²) in [6.07, 6.45) is 4.52. The highest BCUT2D eigenvalue weighted by molar-refractivity contribution is 5.99. The number of fused-ring (bicyclic) bond motifs is 1. The summed E-state index contributed by atoms with van der Waals surface area (Å²) < 4.78 is 0. The minimum atomic E-state index is -0.412. The molecule has 0 fully saturated rings. The van der Waals surface area contributed by atoms with Gasteiger partial charge in [-0.3, -0.25) is 20.2 Å². The lowest BCUT2D eigenvalue weighted by Crippen LogP contribution is -2.02. The van der Waals surface area contributed by atoms with Crippen molar-refractivity contribution in [3.63, 3.8) is 0 Å². The van der Waals surface area contributed by atoms with E-state index in [4.69, 9.17) is 0 Å². The van der Waals surface area contributed by atoms with Crippen LogP contribution in [0.1, 0.15) is 5.82 Å². The van der Waals surface area contributed by atoms with Crippen LogP contribution < -0.4 is 5.32 Å². The van der Waals surface area contributed by atoms with Crippen molar-refractivity contribution in [1.82, 2.24) is 20.2 Å². The molecule has 0 aliphatic heterocycles. The fourth-order valence-corrected chi connectivity index (χ4v) is 1.98. The van der Waals surface area contributed by atoms with Gasteiger partial charge in [-0.2, -0.15) is 5.10 Å². The van der Waals surface area contributed by atoms with E-state index in [1.165, 1.54) is 18.6 Å². The molecule has 3 rings (SSSR count). The number of non-ortho nitro benzene ring substituents is 1. The van der Waals surface area contributed by atoms with Crippen LogP contribution in [0.3, 0.4) is 0 Å². The minimum Gasteiger partial charge on any atom is -0.377 e. The molecule has 0 saturated carbocycles. The maximum atomic E-state index is 11.0. The summed E-state index contributed by atoms with van der Waals surface area (Å²) in [6.45, 7) is 0.454. The molecular weight excluding hydrogens is 260 g/mol. The Kier molecular flexibility index (Phi) is 2.96. The Hall–Kier alpha value is -3.03. The van der Waals surface area contributed by atoms with Gasteiger partial charge in [0, 0.05) is 29.5 Å². The highest BCUT2D eigenvalue weighted by atomic mass is 16.6. The van der Waals surface area contributed by atoms with Crippen molar-refractivity contribution in [2.45, 2.75) is 6.54 Å². The summed E-state index contributed by atoms with van der Waals surface area (Å²) >= 11 is 0. The van der Waals surface area contributed by atoms with Gasteiger partial charge in [0.2, 0.25) is 0 Å². The third-order valence-electron chi connectivity index (χ3n) is 2.90. The Morgan fingerprint density at radius 3 is 2.95 bits per heavy atom. The Morgan fingerprint density at radius 2 is 2.20 bits per heavy atom. The molecule has 0 atom stereocenters. The summed E-state index contributed by atoms with van der Waals surface area (Å²) in [5.41, 5.74) is 0.822. The number of hydrogen-bond acceptors (Lipinski definition) is 6. The second-order valence-corrected chi connectivity index (χ2v) is 4.10. The Morgan fingerprint density at radius 1 is 1.30 bits per heavy atom. The van der Waals surface area contributed by atoms with E-state index >= 15 is 0 Å². The lowest BCUT2D eigenvalue weighted by atomic mass is 10.1. The number of nitrogens with one attached hydrogen (secondary N) is 2. The fourth-order valence-electron chi connectivity index (χ4n) is 1.98. The average Bonchev–Trinajstić information content (AvgIpc) is 2.97. The van der Waals surface area contributed by atoms with Gasteiger partial charge in [0.05, 0.1) is 16.9 Å². The highest BCUT2D eigenvalue weighted by Gasteiger charge is 2.14. The normalized spacial score (nSPS) is 10.6. The predicted molar refractivity (Wildman–Crippen MR) is 72.1 cm³/mol. The van der Waals surface area contributed by atoms with Crippen molar-refractivity contribution in [2.24, 2.45) is 0 Å². The van der Waals surface area contributed by atoms with Crippen molar-refractivity contribution >= 4 is 22.1 Å². The van der Waals surface area contributed by atoms with Gasteiger partial charge >= 0.3 is 0 Å². The number of nitro benzene ring substituents is 1. The molecule has 100 valence electrons. The van der Waals surface area contributed by atoms with Crippen LogP contribution in [0, 0.1) is 10.1 Å². The average molecular weight is 270 g/mol. The number of hydrogen-bond donors (Lipinski definition) is 2. The van der Waals surface area contributed by atoms with Gasteiger partial charge in [-0.25, -0.2) is 4.98 Å². The third-order valence-corrected chi connectivity index (χ3v) is 2.90. The smallest absolute Gasteiger partial charge is 0.278 e. The monoisotopic (exact) mass is 270 g/mol. The van der Waals surface area contributed by atoms with Gasteiger partial charge in [0.1, 0.15) is 12.2 Å². The van der Waals surface area contributed by atoms with E-state index in [1.54, 1.807) is 18.3 Å². The number of aromatic amines is 1. The van der Waals surface area contributed by atoms with Gasteiger partial charge in [-0.1, -0.05) is 0 Å². The second kappa shape index (κ2) is 4.92. The van der Waals surface area contributed by atoms with Crippen LogP contribution in [0.2, 0.25) is 0 Å². The molecule has 0 radical (unpaired) electrons. The number of aromatic nitrogens is 4. The molecule has 0 aliphatic carbocycles. The summed E-state index contributed by atoms with van der Waals surface area (Å²) in [7, 11) is 0. The fraction of sp³-hybridized carbons (Fsp3) is 0.0833. The maximum Gasteiger partial charge on any atom is 0.278 e. The van der Waals surface area contributed by atoms with E-state index in [9.17, 15) is 10.1 Å². The number of H-pyrrole nitrogens is 1. The van der Waals surface area contributed by atoms with Gasteiger partial charge in [-0.05, 0) is 12.1 Å². The first-order chi connectivity index (χ1) is 9.75. The zero-order valence-electron chi connectivity index (χ0n) is 10.3. The number of nitro groups is 1. The molecule has 2 aromatic heterocycles. The topological polar surface area (TPSA) is 110 Å². The van der Waals surface area contributed by atoms with Crippen LogP contribution in [-0.4, -0.2) is 25.1 Å². The van der Waals surface area contributed by atoms with Crippen molar-refractivity contribution in [3.05, 3.63) is 52.9 Å². The van der Waals surface area contributed by atoms with Crippen LogP contribution in [-0.2, 0) is 6.54 Å². The van der Waals surface area contributed by atoms with E-state index in [1.807, 2.05) is 0 Å². The molecule has 1 aromatic carbocycles. The van der Waals surface area contributed by atoms with Gasteiger partial charge < -0.3 is 5.32 Å². The number of nitrogens with zero attached hydrogens (tertiary/aromatic N) is 4. The Bertz CT molecular complexity index is 756.